The van der Waals surface area contributed by atoms with Crippen molar-refractivity contribution in [2.24, 2.45) is 10.1 Å². The first-order valence-corrected chi connectivity index (χ1v) is 10.1. The first kappa shape index (κ1) is 17.8. The van der Waals surface area contributed by atoms with Gasteiger partial charge in [0.2, 0.25) is 12.7 Å². The number of amidine groups is 1. The highest BCUT2D eigenvalue weighted by Crippen LogP contribution is 2.32. The average Bonchev–Trinajstić information content (AvgIpc) is 3.47. The maximum absolute atomic E-state index is 5.42. The number of nitrogens with zero attached hydrogens (tertiary/aromatic N) is 5. The number of thioether (sulfide) groups is 1. The Morgan fingerprint density at radius 3 is 2.90 bits per heavy atom. The first-order chi connectivity index (χ1) is 14.2. The Morgan fingerprint density at radius 1 is 1.21 bits per heavy atom. The Labute approximate surface area is 171 Å². The number of aromatic nitrogens is 4. The number of hydrogen-bond donors (Lipinski definition) is 2. The van der Waals surface area contributed by atoms with E-state index in [1.54, 1.807) is 11.8 Å². The van der Waals surface area contributed by atoms with Crippen LogP contribution >= 0.6 is 11.8 Å². The number of benzene rings is 1. The number of rotatable bonds is 4. The Hall–Kier alpha value is -3.27. The topological polar surface area (TPSA) is 102 Å². The van der Waals surface area contributed by atoms with Gasteiger partial charge in [-0.3, -0.25) is 15.0 Å². The van der Waals surface area contributed by atoms with Gasteiger partial charge in [0, 0.05) is 22.7 Å². The maximum atomic E-state index is 5.42. The molecule has 29 heavy (non-hydrogen) atoms. The average molecular weight is 409 g/mol. The third kappa shape index (κ3) is 3.35. The molecule has 148 valence electrons. The molecule has 1 aromatic carbocycles. The van der Waals surface area contributed by atoms with Crippen LogP contribution in [0.15, 0.2) is 40.7 Å². The predicted octanol–water partition coefficient (Wildman–Crippen LogP) is 2.54. The van der Waals surface area contributed by atoms with Gasteiger partial charge in [-0.2, -0.15) is 15.2 Å². The number of fused-ring (bicyclic) bond motifs is 1. The lowest BCUT2D eigenvalue weighted by Gasteiger charge is -2.15. The van der Waals surface area contributed by atoms with Gasteiger partial charge in [0.05, 0.1) is 12.3 Å². The molecule has 0 unspecified atom stereocenters. The second-order valence-corrected chi connectivity index (χ2v) is 7.66. The number of nitrogens with one attached hydrogen (secondary N) is 2. The Balaban J connectivity index is 1.31. The highest BCUT2D eigenvalue weighted by atomic mass is 32.2. The zero-order valence-corrected chi connectivity index (χ0v) is 16.8. The van der Waals surface area contributed by atoms with E-state index in [1.165, 1.54) is 6.33 Å². The maximum Gasteiger partial charge on any atom is 0.231 e. The van der Waals surface area contributed by atoms with Crippen LogP contribution < -0.4 is 14.9 Å². The van der Waals surface area contributed by atoms with E-state index in [1.807, 2.05) is 29.7 Å². The fourth-order valence-electron chi connectivity index (χ4n) is 3.43. The summed E-state index contributed by atoms with van der Waals surface area (Å²) in [6, 6.07) is 8.00. The predicted molar refractivity (Wildman–Crippen MR) is 111 cm³/mol. The molecule has 0 saturated carbocycles. The van der Waals surface area contributed by atoms with E-state index in [0.717, 1.165) is 50.6 Å². The van der Waals surface area contributed by atoms with Crippen molar-refractivity contribution in [3.63, 3.8) is 0 Å². The van der Waals surface area contributed by atoms with Crippen molar-refractivity contribution >= 4 is 22.6 Å². The summed E-state index contributed by atoms with van der Waals surface area (Å²) >= 11 is 1.64. The van der Waals surface area contributed by atoms with Crippen LogP contribution in [0.4, 0.5) is 0 Å². The third-order valence-corrected chi connectivity index (χ3v) is 5.74. The molecule has 2 aliphatic rings. The van der Waals surface area contributed by atoms with Crippen LogP contribution in [0.5, 0.6) is 11.5 Å². The molecular formula is C19H19N7O2S. The quantitative estimate of drug-likeness (QED) is 0.687. The van der Waals surface area contributed by atoms with Crippen LogP contribution in [0, 0.1) is 13.8 Å². The van der Waals surface area contributed by atoms with Gasteiger partial charge in [-0.1, -0.05) is 17.8 Å². The van der Waals surface area contributed by atoms with Crippen molar-refractivity contribution in [3.8, 4) is 17.4 Å². The SMILES string of the molecule is Cc1cc(C2=NNC(=NCc3ccc4c(c3)OCO4)SC2)c(C)n1-c1ncn[nH]1. The molecule has 0 amide bonds. The van der Waals surface area contributed by atoms with Crippen LogP contribution in [-0.2, 0) is 6.54 Å². The molecule has 0 aliphatic carbocycles. The van der Waals surface area contributed by atoms with Crippen molar-refractivity contribution in [2.45, 2.75) is 20.4 Å². The van der Waals surface area contributed by atoms with Gasteiger partial charge in [0.1, 0.15) is 6.33 Å². The molecule has 9 nitrogen and oxygen atoms in total. The molecule has 10 heteroatoms. The zero-order chi connectivity index (χ0) is 19.8. The van der Waals surface area contributed by atoms with E-state index in [-0.39, 0.29) is 6.79 Å². The van der Waals surface area contributed by atoms with Crippen molar-refractivity contribution in [1.29, 1.82) is 0 Å². The minimum atomic E-state index is 0.277. The lowest BCUT2D eigenvalue weighted by Crippen LogP contribution is -2.25. The number of hydrogen-bond acceptors (Lipinski definition) is 7. The van der Waals surface area contributed by atoms with Gasteiger partial charge in [-0.25, -0.2) is 5.10 Å². The Morgan fingerprint density at radius 2 is 2.10 bits per heavy atom. The van der Waals surface area contributed by atoms with Crippen LogP contribution in [0.2, 0.25) is 0 Å². The molecule has 2 aromatic heterocycles. The number of H-pyrrole nitrogens is 1. The summed E-state index contributed by atoms with van der Waals surface area (Å²) in [5, 5.41) is 12.2. The monoisotopic (exact) mass is 409 g/mol. The number of aliphatic imine (C=N–C) groups is 1. The van der Waals surface area contributed by atoms with Gasteiger partial charge in [0.15, 0.2) is 16.7 Å². The highest BCUT2D eigenvalue weighted by molar-refractivity contribution is 8.14. The van der Waals surface area contributed by atoms with Crippen molar-refractivity contribution in [3.05, 3.63) is 53.1 Å². The molecule has 0 radical (unpaired) electrons. The van der Waals surface area contributed by atoms with Gasteiger partial charge in [-0.05, 0) is 37.6 Å². The molecule has 0 atom stereocenters. The summed E-state index contributed by atoms with van der Waals surface area (Å²) in [6.45, 7) is 4.93. The zero-order valence-electron chi connectivity index (χ0n) is 16.0. The number of hydrazone groups is 1. The van der Waals surface area contributed by atoms with E-state index in [9.17, 15) is 0 Å². The van der Waals surface area contributed by atoms with Gasteiger partial charge in [0.25, 0.3) is 0 Å². The fraction of sp³-hybridized carbons (Fsp3) is 0.263. The standard InChI is InChI=1S/C19H19N7O2S/c1-11-5-14(12(2)26(11)18-21-9-22-24-18)15-8-29-19(25-23-15)20-7-13-3-4-16-17(6-13)28-10-27-16/h3-6,9H,7-8,10H2,1-2H3,(H,20,25)(H,21,22,24). The summed E-state index contributed by atoms with van der Waals surface area (Å²) in [7, 11) is 0. The van der Waals surface area contributed by atoms with Crippen molar-refractivity contribution in [2.75, 3.05) is 12.5 Å². The molecule has 5 rings (SSSR count). The normalized spacial score (nSPS) is 16.8. The summed E-state index contributed by atoms with van der Waals surface area (Å²) in [6.07, 6.45) is 1.51. The van der Waals surface area contributed by atoms with E-state index in [2.05, 4.69) is 43.7 Å². The van der Waals surface area contributed by atoms with Gasteiger partial charge >= 0.3 is 0 Å². The number of ether oxygens (including phenoxy) is 2. The van der Waals surface area contributed by atoms with E-state index < -0.39 is 0 Å². The van der Waals surface area contributed by atoms with Crippen molar-refractivity contribution < 1.29 is 9.47 Å². The highest BCUT2D eigenvalue weighted by Gasteiger charge is 2.20. The van der Waals surface area contributed by atoms with Crippen LogP contribution in [0.25, 0.3) is 5.95 Å². The molecular weight excluding hydrogens is 390 g/mol. The minimum Gasteiger partial charge on any atom is -0.454 e. The number of aromatic amines is 1. The molecule has 2 N–H and O–H groups in total. The lowest BCUT2D eigenvalue weighted by atomic mass is 10.1. The Kier molecular flexibility index (Phi) is 4.47. The molecule has 0 saturated heterocycles. The fourth-order valence-corrected chi connectivity index (χ4v) is 4.19. The van der Waals surface area contributed by atoms with Gasteiger partial charge < -0.3 is 9.47 Å². The van der Waals surface area contributed by atoms with Crippen molar-refractivity contribution in [1.82, 2.24) is 25.2 Å². The van der Waals surface area contributed by atoms with Crippen LogP contribution in [-0.4, -0.2) is 43.2 Å². The first-order valence-electron chi connectivity index (χ1n) is 9.12. The van der Waals surface area contributed by atoms with E-state index in [4.69, 9.17) is 9.47 Å². The second-order valence-electron chi connectivity index (χ2n) is 6.70. The molecule has 0 bridgehead atoms. The van der Waals surface area contributed by atoms with E-state index in [0.29, 0.717) is 12.5 Å². The molecule has 4 heterocycles. The largest absolute Gasteiger partial charge is 0.454 e. The molecule has 0 fully saturated rings. The molecule has 3 aromatic rings. The smallest absolute Gasteiger partial charge is 0.231 e. The summed E-state index contributed by atoms with van der Waals surface area (Å²) in [5.74, 6) is 3.00. The molecule has 0 spiro atoms. The van der Waals surface area contributed by atoms with Gasteiger partial charge in [-0.15, -0.1) is 0 Å². The van der Waals surface area contributed by atoms with E-state index >= 15 is 0 Å². The summed E-state index contributed by atoms with van der Waals surface area (Å²) < 4.78 is 12.8. The van der Waals surface area contributed by atoms with Crippen LogP contribution in [0.1, 0.15) is 22.5 Å². The molecule has 2 aliphatic heterocycles. The van der Waals surface area contributed by atoms with Crippen LogP contribution in [0.3, 0.4) is 0 Å². The number of aryl methyl sites for hydroxylation is 1. The third-order valence-electron chi connectivity index (χ3n) is 4.83. The summed E-state index contributed by atoms with van der Waals surface area (Å²) in [5.41, 5.74) is 8.36. The Bertz CT molecular complexity index is 1120. The summed E-state index contributed by atoms with van der Waals surface area (Å²) in [4.78, 5) is 8.88. The lowest BCUT2D eigenvalue weighted by molar-refractivity contribution is 0.174. The second kappa shape index (κ2) is 7.28. The minimum absolute atomic E-state index is 0.277.